The molecule has 7 rings (SSSR count). The average Bonchev–Trinajstić information content (AvgIpc) is 0.769. The fraction of sp³-hybridized carbons (Fsp3) is 0.319. The largest absolute Gasteiger partial charge is 0.744 e. The van der Waals surface area contributed by atoms with E-state index in [0.717, 1.165) is 66.1 Å². The lowest BCUT2D eigenvalue weighted by molar-refractivity contribution is -0.149. The molecule has 1 atom stereocenters. The molecule has 1 unspecified atom stereocenters. The summed E-state index contributed by atoms with van der Waals surface area (Å²) in [7, 11) is -31.1. The van der Waals surface area contributed by atoms with Gasteiger partial charge in [-0.1, -0.05) is 152 Å². The van der Waals surface area contributed by atoms with E-state index in [1.165, 1.54) is 81.8 Å². The molecule has 150 heavy (non-hydrogen) atoms. The van der Waals surface area contributed by atoms with E-state index in [1.54, 1.807) is 19.1 Å². The fourth-order valence-corrected chi connectivity index (χ4v) is 15.7. The molecule has 0 heterocycles. The monoisotopic (exact) mass is 2280 g/mol. The van der Waals surface area contributed by atoms with Crippen LogP contribution in [-0.2, 0) is 116 Å². The zero-order valence-electron chi connectivity index (χ0n) is 81.0. The quantitative estimate of drug-likeness (QED) is 0.00405. The van der Waals surface area contributed by atoms with Gasteiger partial charge < -0.3 is 55.3 Å². The maximum absolute atomic E-state index is 13.8. The number of esters is 4. The fourth-order valence-electron chi connectivity index (χ4n) is 9.12. The molecular weight excluding hydrogens is 2180 g/mol. The topological polar surface area (TPSA) is 421 Å². The Morgan fingerprint density at radius 2 is 0.700 bits per heavy atom. The van der Waals surface area contributed by atoms with Gasteiger partial charge >= 0.3 is 36.2 Å². The Kier molecular flexibility index (Phi) is 58.0. The molecule has 0 aromatic heterocycles. The molecular formula is C94H102F22N2O26S6-4. The second kappa shape index (κ2) is 61.6. The predicted molar refractivity (Wildman–Crippen MR) is 505 cm³/mol. The van der Waals surface area contributed by atoms with Crippen molar-refractivity contribution in [3.63, 3.8) is 0 Å². The van der Waals surface area contributed by atoms with Crippen LogP contribution in [0.25, 0.3) is 19.4 Å². The number of benzene rings is 7. The third kappa shape index (κ3) is 52.6. The highest BCUT2D eigenvalue weighted by molar-refractivity contribution is 8.12. The summed E-state index contributed by atoms with van der Waals surface area (Å²) >= 11 is 0. The maximum atomic E-state index is 13.8. The first kappa shape index (κ1) is 141. The van der Waals surface area contributed by atoms with Gasteiger partial charge in [-0.05, 0) is 147 Å². The summed E-state index contributed by atoms with van der Waals surface area (Å²) in [4.78, 5) is 38.6. The van der Waals surface area contributed by atoms with Crippen LogP contribution in [-0.4, -0.2) is 152 Å². The van der Waals surface area contributed by atoms with Crippen molar-refractivity contribution in [2.24, 2.45) is 5.92 Å². The Bertz CT molecular complexity index is 6490. The number of hydrogen-bond donors (Lipinski definition) is 0. The van der Waals surface area contributed by atoms with Crippen molar-refractivity contribution in [2.45, 2.75) is 174 Å². The second-order valence-electron chi connectivity index (χ2n) is 30.7. The van der Waals surface area contributed by atoms with Gasteiger partial charge in [-0.25, -0.2) is 131 Å². The molecule has 0 aliphatic rings. The third-order valence-corrected chi connectivity index (χ3v) is 24.4. The van der Waals surface area contributed by atoms with Crippen LogP contribution in [0.2, 0.25) is 0 Å². The van der Waals surface area contributed by atoms with E-state index in [1.807, 2.05) is 65.8 Å². The minimum atomic E-state index is -5.77. The number of carbonyl (C=O) groups excluding carboxylic acids is 4. The number of halogens is 22. The summed E-state index contributed by atoms with van der Waals surface area (Å²) in [6.07, 6.45) is -10.4. The van der Waals surface area contributed by atoms with Gasteiger partial charge in [0.1, 0.15) is 97.8 Å². The molecule has 28 nitrogen and oxygen atoms in total. The van der Waals surface area contributed by atoms with Crippen LogP contribution in [0.1, 0.15) is 132 Å². The Hall–Kier alpha value is -12.7. The minimum Gasteiger partial charge on any atom is -0.744 e. The van der Waals surface area contributed by atoms with Crippen LogP contribution in [0, 0.1) is 82.6 Å². The lowest BCUT2D eigenvalue weighted by Crippen LogP contribution is -2.26. The third-order valence-electron chi connectivity index (χ3n) is 16.1. The Balaban J connectivity index is -0.00000164. The first-order chi connectivity index (χ1) is 67.6. The predicted octanol–water partition coefficient (Wildman–Crippen LogP) is 23.2. The highest BCUT2D eigenvalue weighted by Gasteiger charge is 2.37. The van der Waals surface area contributed by atoms with E-state index in [-0.39, 0.29) is 47.1 Å². The molecule has 0 bridgehead atoms. The Labute approximate surface area is 852 Å². The van der Waals surface area contributed by atoms with Crippen LogP contribution < -0.4 is 14.2 Å². The summed E-state index contributed by atoms with van der Waals surface area (Å²) in [6, 6.07) is 26.3. The summed E-state index contributed by atoms with van der Waals surface area (Å²) in [6.45, 7) is 50.0. The molecule has 0 spiro atoms. The molecule has 838 valence electrons. The SMILES string of the molecule is C.C=C(C)C(=C)OCC.C=C(C)C(=O)OC(CC(C)C)C(=C)OCC(C)(F)F.C=C(C)C(=O)OCC(C)(F)F.C=C(C)C(=O)OCc1c(F)c(F)c(S(=O)(=O)[O-])c(F)c1F.C=C(C)C(=O)Oc1c(F)c(F)c(C)c(F)c1F.C=C(C)c1ccc(OCC)cc1.C=C(C)c1ccc(OCc2c(F)c(F)c(S(=O)(=O)[O-])c(F)c2F)cc1.O=S(=O)(CC(F)(F)F)[N-]S(=O)(=O)c1ccccc1.O=S(=O)(CC(F)(F)F)[N-]S(=O)(=O)c1ccccc1. The Morgan fingerprint density at radius 3 is 0.973 bits per heavy atom. The number of allylic oxidation sites excluding steroid dienone is 3. The van der Waals surface area contributed by atoms with Crippen molar-refractivity contribution in [3.05, 3.63) is 314 Å². The number of ether oxygens (including phenoxy) is 8. The number of rotatable bonds is 36. The molecule has 0 aliphatic heterocycles. The molecule has 0 radical (unpaired) electrons. The van der Waals surface area contributed by atoms with Gasteiger partial charge in [0, 0.05) is 51.5 Å². The van der Waals surface area contributed by atoms with E-state index < -0.39 is 264 Å². The molecule has 0 fully saturated rings. The zero-order valence-corrected chi connectivity index (χ0v) is 85.9. The summed E-state index contributed by atoms with van der Waals surface area (Å²) in [5.74, 6) is -38.0. The lowest BCUT2D eigenvalue weighted by atomic mass is 10.0. The van der Waals surface area contributed by atoms with Gasteiger partial charge in [0.15, 0.2) is 77.5 Å². The summed E-state index contributed by atoms with van der Waals surface area (Å²) in [5, 5.41) is 0. The van der Waals surface area contributed by atoms with E-state index in [2.05, 4.69) is 81.7 Å². The van der Waals surface area contributed by atoms with Crippen molar-refractivity contribution < 1.29 is 213 Å². The molecule has 0 aliphatic carbocycles. The normalized spacial score (nSPS) is 11.5. The minimum absolute atomic E-state index is 0. The van der Waals surface area contributed by atoms with Gasteiger partial charge in [0.2, 0.25) is 17.4 Å². The molecule has 0 N–H and O–H groups in total. The highest BCUT2D eigenvalue weighted by Crippen LogP contribution is 2.35. The maximum Gasteiger partial charge on any atom is 0.401 e. The standard InChI is InChI=1S/C16H12F4O4S.C14H22F2O3.C11H8F4O5S.C11H8F4O2.C11H14O.2C8H7F3NO4S2.C7H10F2O2.C7H12O.CH4/c1-8(2)9-3-5-10(6-4-9)24-7-11-12(17)14(19)16(25(21,22)23)15(20)13(11)18;1-9(2)7-12(19-13(17)10(3)4)11(5)18-8-14(6,15)16;1-4(2)11(16)20-3-5-6(12)8(14)10(21(17,18)19)9(15)7(5)13;1-4(2)11(16)17-10-8(14)6(12)5(3)7(13)9(10)15;1-4-12-11-7-5-10(6-8-11)9(2)3;2*9-8(10,11)6-17(13,14)12-18(15,16)7-4-2-1-3-5-7;1-5(2)6(10)11-4-7(3,8)9;1-5-8-7(4)6(2)3;/h3-6H,1,7H2,2H3,(H,21,22,23);9,12H,3,5,7-8H2,1-2,4,6H3;1,3H2,2H3,(H,17,18,19);1H2,2-3H3;5-8H,2,4H2,1,3H3;2*1-5H,6H2;1,4H2,2-3H3;2,4-5H2,1,3H3;1H4/q;;;;;2*-1;;;/p-2. The van der Waals surface area contributed by atoms with Crippen LogP contribution in [0.15, 0.2) is 227 Å². The average molecular weight is 2290 g/mol. The van der Waals surface area contributed by atoms with Crippen LogP contribution >= 0.6 is 0 Å². The van der Waals surface area contributed by atoms with Crippen molar-refractivity contribution >= 4 is 95.4 Å². The van der Waals surface area contributed by atoms with E-state index >= 15 is 0 Å². The lowest BCUT2D eigenvalue weighted by Gasteiger charge is -2.23. The molecule has 7 aromatic carbocycles. The number of hydrogen-bond acceptors (Lipinski definition) is 26. The van der Waals surface area contributed by atoms with E-state index in [4.69, 9.17) is 23.7 Å². The second-order valence-corrected chi connectivity index (χ2v) is 40.3. The van der Waals surface area contributed by atoms with Gasteiger partial charge in [0.05, 0.1) is 44.4 Å². The van der Waals surface area contributed by atoms with Crippen molar-refractivity contribution in [2.75, 3.05) is 37.9 Å². The Morgan fingerprint density at radius 1 is 0.387 bits per heavy atom. The number of carbonyl (C=O) groups is 4. The first-order valence-corrected chi connectivity index (χ1v) is 49.8. The smallest absolute Gasteiger partial charge is 0.401 e. The van der Waals surface area contributed by atoms with Crippen molar-refractivity contribution in [3.8, 4) is 17.2 Å². The molecule has 0 saturated carbocycles. The van der Waals surface area contributed by atoms with Gasteiger partial charge in [-0.2, -0.15) is 35.1 Å². The summed E-state index contributed by atoms with van der Waals surface area (Å²) < 4.78 is 478. The van der Waals surface area contributed by atoms with Gasteiger partial charge in [-0.15, -0.1) is 0 Å². The summed E-state index contributed by atoms with van der Waals surface area (Å²) in [5.41, 5.74) is 1.38. The van der Waals surface area contributed by atoms with E-state index in [9.17, 15) is 175 Å². The van der Waals surface area contributed by atoms with E-state index in [0.29, 0.717) is 32.3 Å². The number of alkyl halides is 10. The number of sulfonamides is 4. The van der Waals surface area contributed by atoms with Crippen molar-refractivity contribution in [1.29, 1.82) is 0 Å². The zero-order chi connectivity index (χ0) is 117. The molecule has 56 heteroatoms. The van der Waals surface area contributed by atoms with Gasteiger partial charge in [-0.3, -0.25) is 0 Å². The van der Waals surface area contributed by atoms with Crippen LogP contribution in [0.3, 0.4) is 0 Å². The highest BCUT2D eigenvalue weighted by atomic mass is 32.3. The number of nitrogens with zero attached hydrogens (tertiary/aromatic N) is 2. The van der Waals surface area contributed by atoms with Crippen molar-refractivity contribution in [1.82, 2.24) is 0 Å². The van der Waals surface area contributed by atoms with Crippen LogP contribution in [0.4, 0.5) is 96.6 Å². The first-order valence-electron chi connectivity index (χ1n) is 40.9. The van der Waals surface area contributed by atoms with Gasteiger partial charge in [0.25, 0.3) is 11.8 Å². The molecule has 0 saturated heterocycles. The van der Waals surface area contributed by atoms with Crippen LogP contribution in [0.5, 0.6) is 17.2 Å². The molecule has 7 aromatic rings. The molecule has 0 amide bonds.